The van der Waals surface area contributed by atoms with E-state index in [-0.39, 0.29) is 30.5 Å². The van der Waals surface area contributed by atoms with Crippen molar-refractivity contribution < 1.29 is 9.53 Å². The van der Waals surface area contributed by atoms with Gasteiger partial charge in [0.1, 0.15) is 0 Å². The van der Waals surface area contributed by atoms with Gasteiger partial charge in [0, 0.05) is 43.4 Å². The van der Waals surface area contributed by atoms with Crippen LogP contribution in [0.3, 0.4) is 0 Å². The summed E-state index contributed by atoms with van der Waals surface area (Å²) in [5, 5.41) is 13.5. The standard InChI is InChI=1S/C13H20N4O2.ClH/c1-8-6-9(3-5-19-8)15-13(18)12-10-7-14-4-2-11(10)16-17-12;/h8-9,14H,2-7H2,1H3,(H,15,18)(H,16,17);1H. The Morgan fingerprint density at radius 2 is 2.35 bits per heavy atom. The molecule has 7 heteroatoms. The van der Waals surface area contributed by atoms with Gasteiger partial charge in [0.2, 0.25) is 0 Å². The van der Waals surface area contributed by atoms with Crippen molar-refractivity contribution in [2.45, 2.75) is 44.9 Å². The molecule has 2 atom stereocenters. The summed E-state index contributed by atoms with van der Waals surface area (Å²) in [6.07, 6.45) is 2.87. The fourth-order valence-electron chi connectivity index (χ4n) is 2.80. The summed E-state index contributed by atoms with van der Waals surface area (Å²) >= 11 is 0. The third-order valence-corrected chi connectivity index (χ3v) is 3.84. The van der Waals surface area contributed by atoms with Crippen molar-refractivity contribution in [2.75, 3.05) is 13.2 Å². The number of nitrogens with zero attached hydrogens (tertiary/aromatic N) is 1. The Morgan fingerprint density at radius 3 is 3.15 bits per heavy atom. The lowest BCUT2D eigenvalue weighted by Gasteiger charge is -2.27. The third kappa shape index (κ3) is 3.13. The van der Waals surface area contributed by atoms with Crippen molar-refractivity contribution in [1.29, 1.82) is 0 Å². The summed E-state index contributed by atoms with van der Waals surface area (Å²) in [5.41, 5.74) is 2.65. The van der Waals surface area contributed by atoms with E-state index in [1.165, 1.54) is 0 Å². The number of H-pyrrole nitrogens is 1. The van der Waals surface area contributed by atoms with E-state index in [4.69, 9.17) is 4.74 Å². The van der Waals surface area contributed by atoms with E-state index in [1.54, 1.807) is 0 Å². The first kappa shape index (κ1) is 15.3. The molecular formula is C13H21ClN4O2. The van der Waals surface area contributed by atoms with Crippen LogP contribution >= 0.6 is 12.4 Å². The van der Waals surface area contributed by atoms with Crippen LogP contribution in [0, 0.1) is 0 Å². The molecule has 1 fully saturated rings. The van der Waals surface area contributed by atoms with Crippen molar-refractivity contribution in [1.82, 2.24) is 20.8 Å². The van der Waals surface area contributed by atoms with Crippen LogP contribution < -0.4 is 10.6 Å². The van der Waals surface area contributed by atoms with Gasteiger partial charge in [-0.15, -0.1) is 12.4 Å². The van der Waals surface area contributed by atoms with Crippen LogP contribution in [0.2, 0.25) is 0 Å². The maximum atomic E-state index is 12.3. The summed E-state index contributed by atoms with van der Waals surface area (Å²) in [4.78, 5) is 12.3. The quantitative estimate of drug-likeness (QED) is 0.754. The lowest BCUT2D eigenvalue weighted by molar-refractivity contribution is 0.0136. The fraction of sp³-hybridized carbons (Fsp3) is 0.692. The minimum absolute atomic E-state index is 0. The smallest absolute Gasteiger partial charge is 0.272 e. The summed E-state index contributed by atoms with van der Waals surface area (Å²) in [7, 11) is 0. The number of aromatic amines is 1. The van der Waals surface area contributed by atoms with E-state index < -0.39 is 0 Å². The fourth-order valence-corrected chi connectivity index (χ4v) is 2.80. The number of ether oxygens (including phenoxy) is 1. The van der Waals surface area contributed by atoms with Crippen molar-refractivity contribution in [2.24, 2.45) is 0 Å². The SMILES string of the molecule is CC1CC(NC(=O)c2n[nH]c3c2CNCC3)CCO1.Cl. The lowest BCUT2D eigenvalue weighted by atomic mass is 10.0. The number of rotatable bonds is 2. The number of aromatic nitrogens is 2. The Labute approximate surface area is 124 Å². The molecule has 2 aliphatic heterocycles. The molecule has 6 nitrogen and oxygen atoms in total. The Hall–Kier alpha value is -1.11. The minimum atomic E-state index is -0.0692. The highest BCUT2D eigenvalue weighted by Gasteiger charge is 2.25. The zero-order valence-corrected chi connectivity index (χ0v) is 12.4. The summed E-state index contributed by atoms with van der Waals surface area (Å²) < 4.78 is 5.49. The van der Waals surface area contributed by atoms with Crippen molar-refractivity contribution in [3.63, 3.8) is 0 Å². The van der Waals surface area contributed by atoms with Gasteiger partial charge >= 0.3 is 0 Å². The molecule has 0 saturated carbocycles. The van der Waals surface area contributed by atoms with E-state index in [9.17, 15) is 4.79 Å². The van der Waals surface area contributed by atoms with E-state index in [0.717, 1.165) is 43.6 Å². The van der Waals surface area contributed by atoms with Gasteiger partial charge in [0.25, 0.3) is 5.91 Å². The molecule has 1 amide bonds. The van der Waals surface area contributed by atoms with Gasteiger partial charge in [-0.05, 0) is 19.8 Å². The van der Waals surface area contributed by atoms with Gasteiger partial charge in [-0.1, -0.05) is 0 Å². The molecule has 0 radical (unpaired) electrons. The first-order valence-electron chi connectivity index (χ1n) is 6.93. The second-order valence-corrected chi connectivity index (χ2v) is 5.33. The average Bonchev–Trinajstić information content (AvgIpc) is 2.82. The minimum Gasteiger partial charge on any atom is -0.378 e. The van der Waals surface area contributed by atoms with Crippen LogP contribution in [-0.2, 0) is 17.7 Å². The van der Waals surface area contributed by atoms with Crippen LogP contribution in [0.4, 0.5) is 0 Å². The first-order valence-corrected chi connectivity index (χ1v) is 6.93. The number of halogens is 1. The second-order valence-electron chi connectivity index (χ2n) is 5.33. The van der Waals surface area contributed by atoms with Crippen LogP contribution in [0.15, 0.2) is 0 Å². The summed E-state index contributed by atoms with van der Waals surface area (Å²) in [6, 6.07) is 0.195. The summed E-state index contributed by atoms with van der Waals surface area (Å²) in [6.45, 7) is 4.41. The second kappa shape index (κ2) is 6.56. The van der Waals surface area contributed by atoms with Gasteiger partial charge in [0.05, 0.1) is 6.10 Å². The predicted molar refractivity (Wildman–Crippen MR) is 77.1 cm³/mol. The molecule has 3 rings (SSSR count). The van der Waals surface area contributed by atoms with Gasteiger partial charge in [-0.2, -0.15) is 5.10 Å². The van der Waals surface area contributed by atoms with Crippen LogP contribution in [0.1, 0.15) is 41.5 Å². The normalized spacial score (nSPS) is 25.4. The molecule has 1 aromatic rings. The number of hydrogen-bond acceptors (Lipinski definition) is 4. The molecule has 2 unspecified atom stereocenters. The monoisotopic (exact) mass is 300 g/mol. The number of hydrogen-bond donors (Lipinski definition) is 3. The Balaban J connectivity index is 0.00000147. The molecule has 1 saturated heterocycles. The molecule has 112 valence electrons. The Kier molecular flexibility index (Phi) is 5.01. The Morgan fingerprint density at radius 1 is 1.50 bits per heavy atom. The van der Waals surface area contributed by atoms with Gasteiger partial charge in [-0.3, -0.25) is 9.89 Å². The highest BCUT2D eigenvalue weighted by atomic mass is 35.5. The molecule has 3 N–H and O–H groups in total. The van der Waals surface area contributed by atoms with Crippen molar-refractivity contribution in [3.8, 4) is 0 Å². The van der Waals surface area contributed by atoms with Gasteiger partial charge < -0.3 is 15.4 Å². The lowest BCUT2D eigenvalue weighted by Crippen LogP contribution is -2.41. The molecule has 2 aliphatic rings. The number of amides is 1. The van der Waals surface area contributed by atoms with Crippen molar-refractivity contribution in [3.05, 3.63) is 17.0 Å². The zero-order chi connectivity index (χ0) is 13.2. The molecule has 0 aromatic carbocycles. The molecule has 0 bridgehead atoms. The van der Waals surface area contributed by atoms with E-state index in [0.29, 0.717) is 12.3 Å². The predicted octanol–water partition coefficient (Wildman–Crippen LogP) is 0.774. The Bertz CT molecular complexity index is 477. The molecule has 0 aliphatic carbocycles. The number of fused-ring (bicyclic) bond motifs is 1. The van der Waals surface area contributed by atoms with Gasteiger partial charge in [0.15, 0.2) is 5.69 Å². The highest BCUT2D eigenvalue weighted by Crippen LogP contribution is 2.17. The first-order chi connectivity index (χ1) is 9.24. The van der Waals surface area contributed by atoms with Crippen LogP contribution in [-0.4, -0.2) is 41.4 Å². The summed E-state index contributed by atoms with van der Waals surface area (Å²) in [5.74, 6) is -0.0692. The number of carbonyl (C=O) groups excluding carboxylic acids is 1. The highest BCUT2D eigenvalue weighted by molar-refractivity contribution is 5.94. The molecule has 20 heavy (non-hydrogen) atoms. The van der Waals surface area contributed by atoms with Crippen LogP contribution in [0.5, 0.6) is 0 Å². The van der Waals surface area contributed by atoms with E-state index in [1.807, 2.05) is 6.92 Å². The van der Waals surface area contributed by atoms with E-state index >= 15 is 0 Å². The molecule has 0 spiro atoms. The van der Waals surface area contributed by atoms with E-state index in [2.05, 4.69) is 20.8 Å². The maximum absolute atomic E-state index is 12.3. The molecular weight excluding hydrogens is 280 g/mol. The molecule has 1 aromatic heterocycles. The topological polar surface area (TPSA) is 79.0 Å². The molecule has 3 heterocycles. The number of carbonyl (C=O) groups is 1. The largest absolute Gasteiger partial charge is 0.378 e. The zero-order valence-electron chi connectivity index (χ0n) is 11.6. The van der Waals surface area contributed by atoms with Gasteiger partial charge in [-0.25, -0.2) is 0 Å². The maximum Gasteiger partial charge on any atom is 0.272 e. The number of nitrogens with one attached hydrogen (secondary N) is 3. The third-order valence-electron chi connectivity index (χ3n) is 3.84. The average molecular weight is 301 g/mol. The van der Waals surface area contributed by atoms with Crippen molar-refractivity contribution >= 4 is 18.3 Å². The van der Waals surface area contributed by atoms with Crippen LogP contribution in [0.25, 0.3) is 0 Å².